The average molecular weight is 226 g/mol. The third kappa shape index (κ3) is 1.64. The predicted octanol–water partition coefficient (Wildman–Crippen LogP) is -0.961. The van der Waals surface area contributed by atoms with Gasteiger partial charge < -0.3 is 15.0 Å². The Kier molecular flexibility index (Phi) is 2.80. The van der Waals surface area contributed by atoms with E-state index < -0.39 is 18.1 Å². The first-order valence-electron chi connectivity index (χ1n) is 5.32. The molecule has 0 spiro atoms. The van der Waals surface area contributed by atoms with Gasteiger partial charge in [-0.1, -0.05) is 0 Å². The molecule has 0 aliphatic carbocycles. The van der Waals surface area contributed by atoms with Crippen molar-refractivity contribution in [3.8, 4) is 0 Å². The highest BCUT2D eigenvalue weighted by molar-refractivity contribution is 5.97. The van der Waals surface area contributed by atoms with E-state index in [1.54, 1.807) is 0 Å². The van der Waals surface area contributed by atoms with Crippen molar-refractivity contribution in [2.45, 2.75) is 31.3 Å². The summed E-state index contributed by atoms with van der Waals surface area (Å²) >= 11 is 0. The summed E-state index contributed by atoms with van der Waals surface area (Å²) in [5.41, 5.74) is 0. The lowest BCUT2D eigenvalue weighted by Gasteiger charge is -2.42. The number of methoxy groups -OCH3 is 1. The second-order valence-electron chi connectivity index (χ2n) is 4.00. The third-order valence-corrected chi connectivity index (χ3v) is 3.10. The van der Waals surface area contributed by atoms with Crippen molar-refractivity contribution in [2.24, 2.45) is 0 Å². The van der Waals surface area contributed by atoms with E-state index in [2.05, 4.69) is 10.1 Å². The number of piperidine rings is 1. The summed E-state index contributed by atoms with van der Waals surface area (Å²) < 4.78 is 4.66. The first-order valence-corrected chi connectivity index (χ1v) is 5.32. The van der Waals surface area contributed by atoms with Gasteiger partial charge in [0.25, 0.3) is 0 Å². The van der Waals surface area contributed by atoms with Crippen LogP contribution in [0, 0.1) is 0 Å². The highest BCUT2D eigenvalue weighted by Crippen LogP contribution is 2.25. The predicted molar refractivity (Wildman–Crippen MR) is 53.3 cm³/mol. The highest BCUT2D eigenvalue weighted by Gasteiger charge is 2.44. The van der Waals surface area contributed by atoms with Crippen LogP contribution in [0.2, 0.25) is 0 Å². The number of hydrogen-bond acceptors (Lipinski definition) is 4. The Balaban J connectivity index is 2.24. The van der Waals surface area contributed by atoms with Gasteiger partial charge in [0.2, 0.25) is 11.8 Å². The molecule has 0 aromatic carbocycles. The largest absolute Gasteiger partial charge is 0.467 e. The number of carbonyl (C=O) groups is 3. The fraction of sp³-hybridized carbons (Fsp3) is 0.700. The maximum Gasteiger partial charge on any atom is 0.328 e. The molecule has 1 N–H and O–H groups in total. The van der Waals surface area contributed by atoms with Gasteiger partial charge in [0.15, 0.2) is 0 Å². The summed E-state index contributed by atoms with van der Waals surface area (Å²) in [6.07, 6.45) is 1.94. The molecule has 2 rings (SSSR count). The van der Waals surface area contributed by atoms with Crippen LogP contribution < -0.4 is 5.32 Å². The number of rotatable bonds is 1. The lowest BCUT2D eigenvalue weighted by Crippen LogP contribution is -2.64. The lowest BCUT2D eigenvalue weighted by atomic mass is 9.93. The second-order valence-corrected chi connectivity index (χ2v) is 4.00. The number of carbonyl (C=O) groups excluding carboxylic acids is 3. The normalized spacial score (nSPS) is 29.4. The molecule has 2 saturated heterocycles. The van der Waals surface area contributed by atoms with Gasteiger partial charge in [-0.05, 0) is 19.3 Å². The van der Waals surface area contributed by atoms with Gasteiger partial charge in [0.05, 0.1) is 13.7 Å². The summed E-state index contributed by atoms with van der Waals surface area (Å²) in [5, 5.41) is 2.53. The number of nitrogens with one attached hydrogen (secondary N) is 1. The molecule has 2 aliphatic rings. The molecular formula is C10H14N2O4. The first-order chi connectivity index (χ1) is 7.65. The molecule has 88 valence electrons. The number of amides is 2. The first kappa shape index (κ1) is 10.9. The fourth-order valence-corrected chi connectivity index (χ4v) is 2.34. The summed E-state index contributed by atoms with van der Waals surface area (Å²) in [4.78, 5) is 36.2. The summed E-state index contributed by atoms with van der Waals surface area (Å²) in [5.74, 6) is -0.819. The summed E-state index contributed by atoms with van der Waals surface area (Å²) in [7, 11) is 1.29. The number of hydrogen-bond donors (Lipinski definition) is 1. The van der Waals surface area contributed by atoms with Crippen LogP contribution >= 0.6 is 0 Å². The SMILES string of the molecule is COC(=O)C1CCC[C@H]2C(=O)NCC(=O)N12. The quantitative estimate of drug-likeness (QED) is 0.584. The van der Waals surface area contributed by atoms with E-state index >= 15 is 0 Å². The van der Waals surface area contributed by atoms with Gasteiger partial charge in [-0.2, -0.15) is 0 Å². The molecule has 0 bridgehead atoms. The van der Waals surface area contributed by atoms with E-state index in [0.717, 1.165) is 6.42 Å². The Morgan fingerprint density at radius 2 is 2.19 bits per heavy atom. The zero-order valence-corrected chi connectivity index (χ0v) is 9.06. The van der Waals surface area contributed by atoms with Crippen molar-refractivity contribution in [3.05, 3.63) is 0 Å². The van der Waals surface area contributed by atoms with Gasteiger partial charge in [-0.25, -0.2) is 4.79 Å². The Hall–Kier alpha value is -1.59. The maximum absolute atomic E-state index is 11.7. The van der Waals surface area contributed by atoms with Crippen molar-refractivity contribution in [2.75, 3.05) is 13.7 Å². The molecule has 2 atom stereocenters. The van der Waals surface area contributed by atoms with Crippen LogP contribution in [0.15, 0.2) is 0 Å². The minimum Gasteiger partial charge on any atom is -0.467 e. The minimum absolute atomic E-state index is 0.0250. The number of piperazine rings is 1. The monoisotopic (exact) mass is 226 g/mol. The van der Waals surface area contributed by atoms with Crippen molar-refractivity contribution in [3.63, 3.8) is 0 Å². The number of fused-ring (bicyclic) bond motifs is 1. The number of nitrogens with zero attached hydrogens (tertiary/aromatic N) is 1. The molecule has 0 saturated carbocycles. The zero-order valence-electron chi connectivity index (χ0n) is 9.06. The smallest absolute Gasteiger partial charge is 0.328 e. The van der Waals surface area contributed by atoms with E-state index in [4.69, 9.17) is 0 Å². The molecule has 0 aromatic rings. The van der Waals surface area contributed by atoms with E-state index in [-0.39, 0.29) is 18.4 Å². The lowest BCUT2D eigenvalue weighted by molar-refractivity contribution is -0.162. The zero-order chi connectivity index (χ0) is 11.7. The minimum atomic E-state index is -0.595. The van der Waals surface area contributed by atoms with Gasteiger partial charge in [-0.15, -0.1) is 0 Å². The highest BCUT2D eigenvalue weighted by atomic mass is 16.5. The molecule has 1 unspecified atom stereocenters. The number of esters is 1. The summed E-state index contributed by atoms with van der Waals surface area (Å²) in [6, 6.07) is -1.10. The van der Waals surface area contributed by atoms with Gasteiger partial charge >= 0.3 is 5.97 Å². The molecule has 6 nitrogen and oxygen atoms in total. The van der Waals surface area contributed by atoms with Crippen LogP contribution in [0.4, 0.5) is 0 Å². The van der Waals surface area contributed by atoms with Crippen LogP contribution in [-0.4, -0.2) is 48.4 Å². The number of ether oxygens (including phenoxy) is 1. The Bertz CT molecular complexity index is 342. The molecule has 0 aromatic heterocycles. The molecular weight excluding hydrogens is 212 g/mol. The van der Waals surface area contributed by atoms with Gasteiger partial charge in [0.1, 0.15) is 12.1 Å². The fourth-order valence-electron chi connectivity index (χ4n) is 2.34. The van der Waals surface area contributed by atoms with E-state index in [0.29, 0.717) is 12.8 Å². The molecule has 2 fully saturated rings. The van der Waals surface area contributed by atoms with Crippen LogP contribution in [0.5, 0.6) is 0 Å². The average Bonchev–Trinajstić information content (AvgIpc) is 2.32. The van der Waals surface area contributed by atoms with E-state index in [9.17, 15) is 14.4 Å². The van der Waals surface area contributed by atoms with Crippen molar-refractivity contribution < 1.29 is 19.1 Å². The molecule has 2 heterocycles. The second kappa shape index (κ2) is 4.11. The van der Waals surface area contributed by atoms with Crippen molar-refractivity contribution in [1.82, 2.24) is 10.2 Å². The van der Waals surface area contributed by atoms with Crippen LogP contribution in [0.25, 0.3) is 0 Å². The molecule has 6 heteroatoms. The van der Waals surface area contributed by atoms with Crippen LogP contribution in [0.1, 0.15) is 19.3 Å². The Labute approximate surface area is 92.9 Å². The Morgan fingerprint density at radius 3 is 2.88 bits per heavy atom. The molecule has 0 radical (unpaired) electrons. The topological polar surface area (TPSA) is 75.7 Å². The Morgan fingerprint density at radius 1 is 1.44 bits per heavy atom. The van der Waals surface area contributed by atoms with Gasteiger partial charge in [-0.3, -0.25) is 9.59 Å². The van der Waals surface area contributed by atoms with Crippen molar-refractivity contribution >= 4 is 17.8 Å². The van der Waals surface area contributed by atoms with E-state index in [1.165, 1.54) is 12.0 Å². The molecule has 2 aliphatic heterocycles. The van der Waals surface area contributed by atoms with Gasteiger partial charge in [0, 0.05) is 0 Å². The standard InChI is InChI=1S/C10H14N2O4/c1-16-10(15)7-4-2-3-6-9(14)11-5-8(13)12(6)7/h6-7H,2-5H2,1H3,(H,11,14)/t6-,7?/m0/s1. The van der Waals surface area contributed by atoms with Crippen molar-refractivity contribution in [1.29, 1.82) is 0 Å². The molecule has 2 amide bonds. The third-order valence-electron chi connectivity index (χ3n) is 3.10. The summed E-state index contributed by atoms with van der Waals surface area (Å²) in [6.45, 7) is -0.0250. The molecule has 16 heavy (non-hydrogen) atoms. The van der Waals surface area contributed by atoms with Crippen LogP contribution in [-0.2, 0) is 19.1 Å². The van der Waals surface area contributed by atoms with E-state index in [1.807, 2.05) is 0 Å². The maximum atomic E-state index is 11.7. The van der Waals surface area contributed by atoms with Crippen LogP contribution in [0.3, 0.4) is 0 Å².